The number of rotatable bonds is 10. The van der Waals surface area contributed by atoms with Crippen molar-refractivity contribution < 1.29 is 31.5 Å². The van der Waals surface area contributed by atoms with Gasteiger partial charge in [0.05, 0.1) is 18.2 Å². The Labute approximate surface area is 246 Å². The van der Waals surface area contributed by atoms with Gasteiger partial charge in [0.1, 0.15) is 18.8 Å². The molecule has 43 heavy (non-hydrogen) atoms. The Kier molecular flexibility index (Phi) is 7.78. The van der Waals surface area contributed by atoms with Crippen molar-refractivity contribution in [2.45, 2.75) is 82.3 Å². The Bertz CT molecular complexity index is 1500. The first kappa shape index (κ1) is 29.7. The molecule has 1 aliphatic heterocycles. The van der Waals surface area contributed by atoms with Gasteiger partial charge >= 0.3 is 6.18 Å². The van der Waals surface area contributed by atoms with Crippen molar-refractivity contribution in [1.29, 1.82) is 0 Å². The fourth-order valence-corrected chi connectivity index (χ4v) is 6.55. The molecule has 2 aromatic carbocycles. The highest BCUT2D eigenvalue weighted by atomic mass is 19.4. The van der Waals surface area contributed by atoms with Crippen LogP contribution in [0.4, 0.5) is 27.6 Å². The molecule has 1 amide bonds. The molecule has 12 heteroatoms. The molecule has 1 N–H and O–H groups in total. The van der Waals surface area contributed by atoms with Gasteiger partial charge in [-0.1, -0.05) is 12.1 Å². The zero-order valence-corrected chi connectivity index (χ0v) is 24.0. The van der Waals surface area contributed by atoms with E-state index >= 15 is 0 Å². The number of fused-ring (bicyclic) bond motifs is 1. The third-order valence-electron chi connectivity index (χ3n) is 9.21. The summed E-state index contributed by atoms with van der Waals surface area (Å²) in [4.78, 5) is 15.1. The molecule has 2 saturated carbocycles. The third-order valence-corrected chi connectivity index (χ3v) is 9.21. The summed E-state index contributed by atoms with van der Waals surface area (Å²) in [5.41, 5.74) is 0.883. The number of alkyl halides is 5. The topological polar surface area (TPSA) is 72.3 Å². The summed E-state index contributed by atoms with van der Waals surface area (Å²) in [6.45, 7) is 1.50. The second kappa shape index (κ2) is 11.3. The first-order valence-electron chi connectivity index (χ1n) is 14.6. The van der Waals surface area contributed by atoms with Crippen LogP contribution in [0.3, 0.4) is 0 Å². The molecule has 0 spiro atoms. The van der Waals surface area contributed by atoms with Gasteiger partial charge in [0, 0.05) is 36.3 Å². The molecule has 7 nitrogen and oxygen atoms in total. The minimum atomic E-state index is -4.61. The number of aromatic nitrogens is 3. The third kappa shape index (κ3) is 5.91. The lowest BCUT2D eigenvalue weighted by Crippen LogP contribution is -2.47. The number of aryl methyl sites for hydroxylation is 1. The summed E-state index contributed by atoms with van der Waals surface area (Å²) >= 11 is 0. The van der Waals surface area contributed by atoms with E-state index in [0.29, 0.717) is 29.9 Å². The molecule has 6 rings (SSSR count). The number of hydrogen-bond donors (Lipinski definition) is 1. The second-order valence-corrected chi connectivity index (χ2v) is 12.3. The molecule has 1 unspecified atom stereocenters. The smallest absolute Gasteiger partial charge is 0.372 e. The Balaban J connectivity index is 1.28. The van der Waals surface area contributed by atoms with Crippen LogP contribution in [0.25, 0.3) is 0 Å². The van der Waals surface area contributed by atoms with Gasteiger partial charge < -0.3 is 19.5 Å². The highest BCUT2D eigenvalue weighted by Gasteiger charge is 2.42. The maximum atomic E-state index is 14.2. The molecule has 1 atom stereocenters. The number of carbonyl (C=O) groups is 1. The average molecular weight is 604 g/mol. The number of halogens is 5. The number of amides is 1. The molecule has 3 aliphatic rings. The van der Waals surface area contributed by atoms with Crippen molar-refractivity contribution >= 4 is 11.6 Å². The molecule has 230 valence electrons. The highest BCUT2D eigenvalue weighted by Crippen LogP contribution is 2.46. The van der Waals surface area contributed by atoms with Gasteiger partial charge in [-0.15, -0.1) is 10.2 Å². The van der Waals surface area contributed by atoms with E-state index in [1.807, 2.05) is 19.2 Å². The van der Waals surface area contributed by atoms with Crippen LogP contribution in [0.1, 0.15) is 83.4 Å². The zero-order chi connectivity index (χ0) is 30.5. The largest absolute Gasteiger partial charge is 0.416 e. The van der Waals surface area contributed by atoms with Gasteiger partial charge in [-0.05, 0) is 85.9 Å². The van der Waals surface area contributed by atoms with Crippen molar-refractivity contribution in [3.05, 3.63) is 76.4 Å². The quantitative estimate of drug-likeness (QED) is 0.279. The lowest BCUT2D eigenvalue weighted by atomic mass is 9.70. The van der Waals surface area contributed by atoms with Crippen LogP contribution in [0.15, 0.2) is 42.7 Å². The molecular weight excluding hydrogens is 569 g/mol. The van der Waals surface area contributed by atoms with E-state index in [4.69, 9.17) is 4.74 Å². The molecule has 0 bridgehead atoms. The number of ether oxygens (including phenoxy) is 1. The van der Waals surface area contributed by atoms with E-state index < -0.39 is 30.7 Å². The number of nitrogens with zero attached hydrogens (tertiary/aromatic N) is 4. The first-order chi connectivity index (χ1) is 20.4. The zero-order valence-electron chi connectivity index (χ0n) is 24.0. The number of carbonyl (C=O) groups excluding carboxylic acids is 1. The molecule has 2 heterocycles. The van der Waals surface area contributed by atoms with Gasteiger partial charge in [-0.3, -0.25) is 4.79 Å². The Morgan fingerprint density at radius 2 is 1.93 bits per heavy atom. The van der Waals surface area contributed by atoms with Crippen LogP contribution in [0.5, 0.6) is 0 Å². The minimum Gasteiger partial charge on any atom is -0.372 e. The van der Waals surface area contributed by atoms with Gasteiger partial charge in [0.25, 0.3) is 12.3 Å². The minimum absolute atomic E-state index is 0.0237. The summed E-state index contributed by atoms with van der Waals surface area (Å²) in [5.74, 6) is -0.0530. The molecule has 2 fully saturated rings. The predicted octanol–water partition coefficient (Wildman–Crippen LogP) is 6.22. The van der Waals surface area contributed by atoms with Crippen molar-refractivity contribution in [3.8, 4) is 0 Å². The standard InChI is InChI=1S/C31H34F5N5O2/c1-30(7-4-8-30)37-14-18-9-23-24(25(10-18)31(34,35)36)15-41(29(23)42)21-6-3-5-19(11-21)27(28-39-38-17-40(28)2)20-12-22(13-20)43-16-26(32)33/h3,5-6,9-11,17,20,22,26-27,37H,4,7-8,12-16H2,1-2H3. The van der Waals surface area contributed by atoms with Crippen LogP contribution in [0.2, 0.25) is 0 Å². The van der Waals surface area contributed by atoms with E-state index in [-0.39, 0.29) is 47.7 Å². The SMILES string of the molecule is Cn1cnnc1C(c1cccc(N2Cc3c(cc(CNC4(C)CCC4)cc3C(F)(F)F)C2=O)c1)C1CC(OCC(F)F)C1. The maximum Gasteiger partial charge on any atom is 0.416 e. The van der Waals surface area contributed by atoms with Gasteiger partial charge in [-0.2, -0.15) is 13.2 Å². The van der Waals surface area contributed by atoms with Crippen molar-refractivity contribution in [2.75, 3.05) is 11.5 Å². The number of benzene rings is 2. The van der Waals surface area contributed by atoms with Crippen LogP contribution in [0, 0.1) is 5.92 Å². The summed E-state index contributed by atoms with van der Waals surface area (Å²) < 4.78 is 75.1. The molecular formula is C31H34F5N5O2. The fraction of sp³-hybridized carbons (Fsp3) is 0.516. The fourth-order valence-electron chi connectivity index (χ4n) is 6.55. The summed E-state index contributed by atoms with van der Waals surface area (Å²) in [7, 11) is 1.81. The molecule has 0 radical (unpaired) electrons. The van der Waals surface area contributed by atoms with Crippen molar-refractivity contribution in [3.63, 3.8) is 0 Å². The normalized spacial score (nSPS) is 22.0. The maximum absolute atomic E-state index is 14.2. The number of anilines is 1. The van der Waals surface area contributed by atoms with Crippen LogP contribution in [-0.2, 0) is 31.1 Å². The van der Waals surface area contributed by atoms with Crippen LogP contribution >= 0.6 is 0 Å². The van der Waals surface area contributed by atoms with E-state index in [0.717, 1.165) is 30.9 Å². The predicted molar refractivity (Wildman–Crippen MR) is 149 cm³/mol. The van der Waals surface area contributed by atoms with Gasteiger partial charge in [0.15, 0.2) is 0 Å². The van der Waals surface area contributed by atoms with E-state index in [1.165, 1.54) is 4.90 Å². The lowest BCUT2D eigenvalue weighted by Gasteiger charge is -2.40. The Morgan fingerprint density at radius 3 is 2.56 bits per heavy atom. The number of nitrogens with one attached hydrogen (secondary N) is 1. The molecule has 1 aromatic heterocycles. The summed E-state index contributed by atoms with van der Waals surface area (Å²) in [6.07, 6.45) is -1.75. The first-order valence-corrected chi connectivity index (χ1v) is 14.6. The molecule has 3 aromatic rings. The van der Waals surface area contributed by atoms with Crippen LogP contribution < -0.4 is 10.2 Å². The summed E-state index contributed by atoms with van der Waals surface area (Å²) in [5, 5.41) is 11.7. The van der Waals surface area contributed by atoms with Crippen molar-refractivity contribution in [1.82, 2.24) is 20.1 Å². The molecule has 2 aliphatic carbocycles. The van der Waals surface area contributed by atoms with Gasteiger partial charge in [-0.25, -0.2) is 8.78 Å². The van der Waals surface area contributed by atoms with E-state index in [9.17, 15) is 26.7 Å². The Morgan fingerprint density at radius 1 is 1.16 bits per heavy atom. The Hall–Kier alpha value is -3.38. The molecule has 0 saturated heterocycles. The van der Waals surface area contributed by atoms with Gasteiger partial charge in [0.2, 0.25) is 0 Å². The average Bonchev–Trinajstić information content (AvgIpc) is 3.49. The van der Waals surface area contributed by atoms with E-state index in [2.05, 4.69) is 22.4 Å². The van der Waals surface area contributed by atoms with Crippen molar-refractivity contribution in [2.24, 2.45) is 13.0 Å². The monoisotopic (exact) mass is 603 g/mol. The van der Waals surface area contributed by atoms with Crippen LogP contribution in [-0.4, -0.2) is 45.3 Å². The lowest BCUT2D eigenvalue weighted by molar-refractivity contribution is -0.138. The summed E-state index contributed by atoms with van der Waals surface area (Å²) in [6, 6.07) is 9.92. The number of hydrogen-bond acceptors (Lipinski definition) is 5. The highest BCUT2D eigenvalue weighted by molar-refractivity contribution is 6.10. The second-order valence-electron chi connectivity index (χ2n) is 12.3. The van der Waals surface area contributed by atoms with E-state index in [1.54, 1.807) is 29.1 Å².